The van der Waals surface area contributed by atoms with Gasteiger partial charge in [-0.3, -0.25) is 0 Å². The maximum atomic E-state index is 2.47. The lowest BCUT2D eigenvalue weighted by Gasteiger charge is -2.24. The third-order valence-corrected chi connectivity index (χ3v) is 4.16. The maximum Gasteiger partial charge on any atom is -0.0354 e. The molecule has 0 rings (SSSR count). The third kappa shape index (κ3) is 12.5. The van der Waals surface area contributed by atoms with Crippen LogP contribution in [0.25, 0.3) is 0 Å². The molecule has 0 aliphatic heterocycles. The van der Waals surface area contributed by atoms with Crippen LogP contribution in [0.15, 0.2) is 0 Å². The van der Waals surface area contributed by atoms with Crippen LogP contribution in [-0.4, -0.2) is 0 Å². The molecule has 0 saturated carbocycles. The van der Waals surface area contributed by atoms with Crippen LogP contribution >= 0.6 is 0 Å². The van der Waals surface area contributed by atoms with Gasteiger partial charge in [-0.15, -0.1) is 0 Å². The van der Waals surface area contributed by atoms with E-state index in [4.69, 9.17) is 0 Å². The largest absolute Gasteiger partial charge is 0.0654 e. The molecule has 0 aromatic carbocycles. The van der Waals surface area contributed by atoms with Crippen LogP contribution in [0.5, 0.6) is 0 Å². The predicted octanol–water partition coefficient (Wildman–Crippen LogP) is 7.12. The molecule has 0 aromatic heterocycles. The fraction of sp³-hybridized carbons (Fsp3) is 1.00. The minimum absolute atomic E-state index is 0.594. The van der Waals surface area contributed by atoms with Crippen LogP contribution in [-0.2, 0) is 0 Å². The van der Waals surface area contributed by atoms with Gasteiger partial charge in [-0.1, -0.05) is 98.3 Å². The van der Waals surface area contributed by atoms with E-state index in [1.54, 1.807) is 0 Å². The molecule has 110 valence electrons. The van der Waals surface area contributed by atoms with E-state index in [-0.39, 0.29) is 0 Å². The average molecular weight is 255 g/mol. The molecule has 0 bridgehead atoms. The van der Waals surface area contributed by atoms with Crippen LogP contribution in [0, 0.1) is 5.41 Å². The van der Waals surface area contributed by atoms with Gasteiger partial charge in [-0.25, -0.2) is 0 Å². The molecule has 0 heterocycles. The fourth-order valence-electron chi connectivity index (χ4n) is 2.72. The van der Waals surface area contributed by atoms with Crippen molar-refractivity contribution in [1.82, 2.24) is 0 Å². The Hall–Kier alpha value is 0. The molecule has 0 amide bonds. The van der Waals surface area contributed by atoms with Gasteiger partial charge in [0.25, 0.3) is 0 Å². The summed E-state index contributed by atoms with van der Waals surface area (Å²) < 4.78 is 0. The first-order chi connectivity index (χ1) is 8.62. The third-order valence-electron chi connectivity index (χ3n) is 4.16. The Morgan fingerprint density at radius 2 is 0.833 bits per heavy atom. The first kappa shape index (κ1) is 18.0. The Labute approximate surface area is 117 Å². The zero-order chi connectivity index (χ0) is 13.7. The Balaban J connectivity index is 3.37. The second kappa shape index (κ2) is 12.1. The van der Waals surface area contributed by atoms with Crippen LogP contribution in [0.2, 0.25) is 0 Å². The summed E-state index contributed by atoms with van der Waals surface area (Å²) in [4.78, 5) is 0. The minimum atomic E-state index is 0.594. The molecular weight excluding hydrogens is 216 g/mol. The Bertz CT molecular complexity index is 157. The highest BCUT2D eigenvalue weighted by Gasteiger charge is 2.16. The molecule has 0 atom stereocenters. The molecule has 0 spiro atoms. The van der Waals surface area contributed by atoms with Crippen LogP contribution in [0.3, 0.4) is 0 Å². The van der Waals surface area contributed by atoms with Crippen molar-refractivity contribution in [3.8, 4) is 0 Å². The van der Waals surface area contributed by atoms with Gasteiger partial charge in [0.2, 0.25) is 0 Å². The summed E-state index contributed by atoms with van der Waals surface area (Å²) in [6.45, 7) is 9.53. The molecule has 0 N–H and O–H groups in total. The molecule has 0 aliphatic carbocycles. The molecule has 0 fully saturated rings. The van der Waals surface area contributed by atoms with Gasteiger partial charge in [-0.05, 0) is 18.3 Å². The Morgan fingerprint density at radius 3 is 1.22 bits per heavy atom. The standard InChI is InChI=1S/C18H38/c1-5-7-9-11-13-15-17-18(3,4)16-14-12-10-8-6-2/h5-17H2,1-4H3. The monoisotopic (exact) mass is 254 g/mol. The summed E-state index contributed by atoms with van der Waals surface area (Å²) in [7, 11) is 0. The smallest absolute Gasteiger partial charge is 0.0354 e. The van der Waals surface area contributed by atoms with Crippen molar-refractivity contribution < 1.29 is 0 Å². The van der Waals surface area contributed by atoms with Crippen molar-refractivity contribution in [2.24, 2.45) is 5.41 Å². The quantitative estimate of drug-likeness (QED) is 0.307. The van der Waals surface area contributed by atoms with Crippen LogP contribution in [0.4, 0.5) is 0 Å². The average Bonchev–Trinajstić information content (AvgIpc) is 2.33. The van der Waals surface area contributed by atoms with E-state index in [2.05, 4.69) is 27.7 Å². The van der Waals surface area contributed by atoms with Crippen LogP contribution in [0.1, 0.15) is 111 Å². The summed E-state index contributed by atoms with van der Waals surface area (Å²) in [6, 6.07) is 0. The van der Waals surface area contributed by atoms with E-state index in [9.17, 15) is 0 Å². The van der Waals surface area contributed by atoms with E-state index in [1.807, 2.05) is 0 Å². The molecule has 0 aromatic rings. The fourth-order valence-corrected chi connectivity index (χ4v) is 2.72. The highest BCUT2D eigenvalue weighted by molar-refractivity contribution is 4.68. The Kier molecular flexibility index (Phi) is 12.1. The molecule has 0 saturated heterocycles. The summed E-state index contributed by atoms with van der Waals surface area (Å²) in [5.74, 6) is 0. The number of hydrogen-bond donors (Lipinski definition) is 0. The molecule has 0 unspecified atom stereocenters. The summed E-state index contributed by atoms with van der Waals surface area (Å²) in [5.41, 5.74) is 0.594. The molecular formula is C18H38. The van der Waals surface area contributed by atoms with E-state index in [0.717, 1.165) is 0 Å². The van der Waals surface area contributed by atoms with E-state index < -0.39 is 0 Å². The maximum absolute atomic E-state index is 2.47. The summed E-state index contributed by atoms with van der Waals surface area (Å²) in [6.07, 6.45) is 18.6. The Morgan fingerprint density at radius 1 is 0.500 bits per heavy atom. The lowest BCUT2D eigenvalue weighted by atomic mass is 9.82. The second-order valence-electron chi connectivity index (χ2n) is 6.85. The highest BCUT2D eigenvalue weighted by atomic mass is 14.2. The SMILES string of the molecule is CCCCCCCCC(C)(C)CCCCCCC. The zero-order valence-corrected chi connectivity index (χ0v) is 13.7. The van der Waals surface area contributed by atoms with Crippen LogP contribution < -0.4 is 0 Å². The number of hydrogen-bond acceptors (Lipinski definition) is 0. The lowest BCUT2D eigenvalue weighted by Crippen LogP contribution is -2.11. The van der Waals surface area contributed by atoms with Crippen molar-refractivity contribution in [1.29, 1.82) is 0 Å². The van der Waals surface area contributed by atoms with Gasteiger partial charge in [-0.2, -0.15) is 0 Å². The topological polar surface area (TPSA) is 0 Å². The second-order valence-corrected chi connectivity index (χ2v) is 6.85. The van der Waals surface area contributed by atoms with Gasteiger partial charge in [0, 0.05) is 0 Å². The molecule has 0 heteroatoms. The first-order valence-electron chi connectivity index (χ1n) is 8.62. The number of unbranched alkanes of at least 4 members (excludes halogenated alkanes) is 9. The molecule has 0 aliphatic rings. The van der Waals surface area contributed by atoms with Gasteiger partial charge >= 0.3 is 0 Å². The van der Waals surface area contributed by atoms with Gasteiger partial charge in [0.1, 0.15) is 0 Å². The van der Waals surface area contributed by atoms with Gasteiger partial charge in [0.05, 0.1) is 0 Å². The number of rotatable bonds is 13. The van der Waals surface area contributed by atoms with E-state index >= 15 is 0 Å². The highest BCUT2D eigenvalue weighted by Crippen LogP contribution is 2.30. The van der Waals surface area contributed by atoms with Gasteiger partial charge in [0.15, 0.2) is 0 Å². The van der Waals surface area contributed by atoms with Crippen molar-refractivity contribution >= 4 is 0 Å². The lowest BCUT2D eigenvalue weighted by molar-refractivity contribution is 0.282. The molecule has 0 nitrogen and oxygen atoms in total. The first-order valence-corrected chi connectivity index (χ1v) is 8.62. The van der Waals surface area contributed by atoms with Crippen molar-refractivity contribution in [3.63, 3.8) is 0 Å². The van der Waals surface area contributed by atoms with Crippen molar-refractivity contribution in [2.75, 3.05) is 0 Å². The van der Waals surface area contributed by atoms with Gasteiger partial charge < -0.3 is 0 Å². The summed E-state index contributed by atoms with van der Waals surface area (Å²) >= 11 is 0. The van der Waals surface area contributed by atoms with Crippen molar-refractivity contribution in [3.05, 3.63) is 0 Å². The van der Waals surface area contributed by atoms with E-state index in [1.165, 1.54) is 83.5 Å². The molecule has 18 heavy (non-hydrogen) atoms. The predicted molar refractivity (Wildman–Crippen MR) is 85.2 cm³/mol. The van der Waals surface area contributed by atoms with E-state index in [0.29, 0.717) is 5.41 Å². The molecule has 0 radical (unpaired) electrons. The minimum Gasteiger partial charge on any atom is -0.0654 e. The summed E-state index contributed by atoms with van der Waals surface area (Å²) in [5, 5.41) is 0. The zero-order valence-electron chi connectivity index (χ0n) is 13.7. The normalized spacial score (nSPS) is 12.0. The van der Waals surface area contributed by atoms with Crippen molar-refractivity contribution in [2.45, 2.75) is 111 Å².